The van der Waals surface area contributed by atoms with Crippen LogP contribution < -0.4 is 0 Å². The Bertz CT molecular complexity index is 573. The van der Waals surface area contributed by atoms with Crippen molar-refractivity contribution in [3.8, 4) is 0 Å². The molecule has 3 atom stereocenters. The quantitative estimate of drug-likeness (QED) is 0.805. The van der Waals surface area contributed by atoms with Gasteiger partial charge in [-0.25, -0.2) is 4.79 Å². The molecule has 1 amide bonds. The van der Waals surface area contributed by atoms with Crippen LogP contribution in [0.5, 0.6) is 0 Å². The van der Waals surface area contributed by atoms with E-state index < -0.39 is 5.41 Å². The summed E-state index contributed by atoms with van der Waals surface area (Å²) in [6.07, 6.45) is 0.432. The molecule has 1 aliphatic carbocycles. The third-order valence-electron chi connectivity index (χ3n) is 5.03. The molecule has 0 radical (unpaired) electrons. The van der Waals surface area contributed by atoms with Crippen molar-refractivity contribution >= 4 is 12.1 Å². The molecular formula is C17H21NO4. The van der Waals surface area contributed by atoms with Crippen molar-refractivity contribution in [2.75, 3.05) is 20.2 Å². The van der Waals surface area contributed by atoms with E-state index in [1.54, 1.807) is 4.90 Å². The zero-order valence-electron chi connectivity index (χ0n) is 13.0. The van der Waals surface area contributed by atoms with Gasteiger partial charge in [0.1, 0.15) is 6.61 Å². The molecular weight excluding hydrogens is 282 g/mol. The van der Waals surface area contributed by atoms with Crippen LogP contribution in [-0.4, -0.2) is 37.2 Å². The minimum Gasteiger partial charge on any atom is -0.469 e. The Kier molecular flexibility index (Phi) is 3.81. The average molecular weight is 303 g/mol. The monoisotopic (exact) mass is 303 g/mol. The van der Waals surface area contributed by atoms with Gasteiger partial charge in [0.05, 0.1) is 12.5 Å². The number of fused-ring (bicyclic) bond motifs is 1. The van der Waals surface area contributed by atoms with Crippen LogP contribution in [0.15, 0.2) is 30.3 Å². The standard InChI is InChI=1S/C17H21NO4/c1-12-8-17(15(19)21-2)11-18(9-14(12)17)16(20)22-10-13-6-4-3-5-7-13/h3-7,12,14H,8-11H2,1-2H3. The summed E-state index contributed by atoms with van der Waals surface area (Å²) in [6, 6.07) is 9.57. The van der Waals surface area contributed by atoms with Gasteiger partial charge in [-0.05, 0) is 23.8 Å². The molecule has 0 N–H and O–H groups in total. The van der Waals surface area contributed by atoms with Crippen LogP contribution in [0.3, 0.4) is 0 Å². The maximum atomic E-state index is 12.2. The second-order valence-electron chi connectivity index (χ2n) is 6.36. The summed E-state index contributed by atoms with van der Waals surface area (Å²) in [5.41, 5.74) is 0.439. The van der Waals surface area contributed by atoms with Gasteiger partial charge in [0, 0.05) is 13.1 Å². The maximum absolute atomic E-state index is 12.2. The lowest BCUT2D eigenvalue weighted by atomic mass is 9.56. The van der Waals surface area contributed by atoms with E-state index in [0.29, 0.717) is 19.0 Å². The topological polar surface area (TPSA) is 55.8 Å². The molecule has 0 aromatic heterocycles. The molecule has 1 saturated heterocycles. The highest BCUT2D eigenvalue weighted by Gasteiger charge is 2.63. The van der Waals surface area contributed by atoms with Crippen LogP contribution in [0.4, 0.5) is 4.79 Å². The summed E-state index contributed by atoms with van der Waals surface area (Å²) in [6.45, 7) is 3.35. The molecule has 3 unspecified atom stereocenters. The summed E-state index contributed by atoms with van der Waals surface area (Å²) >= 11 is 0. The van der Waals surface area contributed by atoms with Gasteiger partial charge in [-0.3, -0.25) is 4.79 Å². The zero-order valence-corrected chi connectivity index (χ0v) is 13.0. The van der Waals surface area contributed by atoms with Crippen molar-refractivity contribution < 1.29 is 19.1 Å². The summed E-state index contributed by atoms with van der Waals surface area (Å²) in [5, 5.41) is 0. The molecule has 5 nitrogen and oxygen atoms in total. The number of methoxy groups -OCH3 is 1. The number of hydrogen-bond donors (Lipinski definition) is 0. The molecule has 0 bridgehead atoms. The highest BCUT2D eigenvalue weighted by molar-refractivity contribution is 5.81. The third-order valence-corrected chi connectivity index (χ3v) is 5.03. The number of amides is 1. The second-order valence-corrected chi connectivity index (χ2v) is 6.36. The summed E-state index contributed by atoms with van der Waals surface area (Å²) in [4.78, 5) is 26.0. The van der Waals surface area contributed by atoms with Gasteiger partial charge in [-0.2, -0.15) is 0 Å². The zero-order chi connectivity index (χ0) is 15.7. The number of carbonyl (C=O) groups is 2. The Balaban J connectivity index is 1.62. The highest BCUT2D eigenvalue weighted by Crippen LogP contribution is 2.56. The minimum absolute atomic E-state index is 0.184. The van der Waals surface area contributed by atoms with E-state index in [4.69, 9.17) is 9.47 Å². The molecule has 1 aromatic rings. The van der Waals surface area contributed by atoms with Crippen LogP contribution in [-0.2, 0) is 20.9 Å². The first-order valence-electron chi connectivity index (χ1n) is 7.61. The van der Waals surface area contributed by atoms with Crippen LogP contribution >= 0.6 is 0 Å². The normalized spacial score (nSPS) is 29.5. The fourth-order valence-corrected chi connectivity index (χ4v) is 3.88. The van der Waals surface area contributed by atoms with E-state index in [0.717, 1.165) is 12.0 Å². The lowest BCUT2D eigenvalue weighted by molar-refractivity contribution is -0.165. The molecule has 1 heterocycles. The summed E-state index contributed by atoms with van der Waals surface area (Å²) in [7, 11) is 1.41. The summed E-state index contributed by atoms with van der Waals surface area (Å²) in [5.74, 6) is 0.421. The Hall–Kier alpha value is -2.04. The second kappa shape index (κ2) is 5.63. The van der Waals surface area contributed by atoms with E-state index in [-0.39, 0.29) is 24.6 Å². The number of rotatable bonds is 3. The molecule has 118 valence electrons. The van der Waals surface area contributed by atoms with Gasteiger partial charge in [0.25, 0.3) is 0 Å². The van der Waals surface area contributed by atoms with Crippen molar-refractivity contribution in [2.24, 2.45) is 17.3 Å². The molecule has 2 fully saturated rings. The number of nitrogens with zero attached hydrogens (tertiary/aromatic N) is 1. The molecule has 1 aliphatic heterocycles. The predicted molar refractivity (Wildman–Crippen MR) is 79.9 cm³/mol. The van der Waals surface area contributed by atoms with Gasteiger partial charge in [0.15, 0.2) is 0 Å². The van der Waals surface area contributed by atoms with E-state index in [1.165, 1.54) is 7.11 Å². The molecule has 5 heteroatoms. The molecule has 2 aliphatic rings. The number of hydrogen-bond acceptors (Lipinski definition) is 4. The smallest absolute Gasteiger partial charge is 0.410 e. The van der Waals surface area contributed by atoms with Crippen molar-refractivity contribution in [1.82, 2.24) is 4.90 Å². The van der Waals surface area contributed by atoms with Gasteiger partial charge in [-0.15, -0.1) is 0 Å². The number of esters is 1. The highest BCUT2D eigenvalue weighted by atomic mass is 16.6. The number of benzene rings is 1. The Morgan fingerprint density at radius 1 is 1.32 bits per heavy atom. The van der Waals surface area contributed by atoms with Crippen LogP contribution in [0.1, 0.15) is 18.9 Å². The van der Waals surface area contributed by atoms with Crippen LogP contribution in [0.2, 0.25) is 0 Å². The Morgan fingerprint density at radius 3 is 2.68 bits per heavy atom. The van der Waals surface area contributed by atoms with E-state index in [2.05, 4.69) is 6.92 Å². The fourth-order valence-electron chi connectivity index (χ4n) is 3.88. The molecule has 1 saturated carbocycles. The van der Waals surface area contributed by atoms with Gasteiger partial charge in [-0.1, -0.05) is 37.3 Å². The number of likely N-dealkylation sites (tertiary alicyclic amines) is 1. The van der Waals surface area contributed by atoms with Crippen molar-refractivity contribution in [3.63, 3.8) is 0 Å². The van der Waals surface area contributed by atoms with Crippen molar-refractivity contribution in [3.05, 3.63) is 35.9 Å². The number of carbonyl (C=O) groups excluding carboxylic acids is 2. The number of ether oxygens (including phenoxy) is 2. The Labute approximate surface area is 130 Å². The fraction of sp³-hybridized carbons (Fsp3) is 0.529. The predicted octanol–water partition coefficient (Wildman–Crippen LogP) is 2.45. The van der Waals surface area contributed by atoms with Crippen LogP contribution in [0, 0.1) is 17.3 Å². The van der Waals surface area contributed by atoms with Crippen LogP contribution in [0.25, 0.3) is 0 Å². The molecule has 22 heavy (non-hydrogen) atoms. The van der Waals surface area contributed by atoms with Crippen molar-refractivity contribution in [2.45, 2.75) is 20.0 Å². The SMILES string of the molecule is COC(=O)C12CC(C)C1CN(C(=O)OCc1ccccc1)C2. The van der Waals surface area contributed by atoms with Crippen molar-refractivity contribution in [1.29, 1.82) is 0 Å². The first-order valence-corrected chi connectivity index (χ1v) is 7.61. The Morgan fingerprint density at radius 2 is 2.05 bits per heavy atom. The summed E-state index contributed by atoms with van der Waals surface area (Å²) < 4.78 is 10.3. The molecule has 0 spiro atoms. The minimum atomic E-state index is -0.514. The van der Waals surface area contributed by atoms with Gasteiger partial charge < -0.3 is 14.4 Å². The lowest BCUT2D eigenvalue weighted by Gasteiger charge is -2.46. The first-order chi connectivity index (χ1) is 10.6. The maximum Gasteiger partial charge on any atom is 0.410 e. The van der Waals surface area contributed by atoms with Gasteiger partial charge >= 0.3 is 12.1 Å². The average Bonchev–Trinajstić information content (AvgIpc) is 2.86. The van der Waals surface area contributed by atoms with Gasteiger partial charge in [0.2, 0.25) is 0 Å². The molecule has 3 rings (SSSR count). The lowest BCUT2D eigenvalue weighted by Crippen LogP contribution is -2.52. The van der Waals surface area contributed by atoms with E-state index in [9.17, 15) is 9.59 Å². The van der Waals surface area contributed by atoms with E-state index in [1.807, 2.05) is 30.3 Å². The molecule has 1 aromatic carbocycles. The van der Waals surface area contributed by atoms with E-state index >= 15 is 0 Å². The third kappa shape index (κ3) is 2.34. The largest absolute Gasteiger partial charge is 0.469 e. The first kappa shape index (κ1) is 14.9.